The van der Waals surface area contributed by atoms with E-state index in [0.717, 1.165) is 44.3 Å². The second kappa shape index (κ2) is 12.8. The topological polar surface area (TPSA) is 163 Å². The van der Waals surface area contributed by atoms with Crippen LogP contribution >= 0.6 is 0 Å². The van der Waals surface area contributed by atoms with Gasteiger partial charge in [0.05, 0.1) is 4.90 Å². The Balaban J connectivity index is 0.000000717. The molecular formula is C22H30F2N4O8S. The summed E-state index contributed by atoms with van der Waals surface area (Å²) in [6.07, 6.45) is 2.65. The number of piperidine rings is 1. The third kappa shape index (κ3) is 8.63. The molecule has 0 saturated carbocycles. The van der Waals surface area contributed by atoms with Crippen molar-refractivity contribution in [3.63, 3.8) is 0 Å². The molecule has 1 fully saturated rings. The Hall–Kier alpha value is -3.33. The van der Waals surface area contributed by atoms with Crippen LogP contribution in [0.25, 0.3) is 0 Å². The fourth-order valence-electron chi connectivity index (χ4n) is 3.45. The first-order valence-corrected chi connectivity index (χ1v) is 13.2. The number of aromatic nitrogens is 2. The van der Waals surface area contributed by atoms with Crippen LogP contribution in [0.15, 0.2) is 21.6 Å². The number of hydrogen-bond acceptors (Lipinski definition) is 10. The van der Waals surface area contributed by atoms with E-state index in [2.05, 4.69) is 19.9 Å². The van der Waals surface area contributed by atoms with E-state index < -0.39 is 44.1 Å². The maximum Gasteiger partial charge on any atom is 0.414 e. The lowest BCUT2D eigenvalue weighted by atomic mass is 10.0. The van der Waals surface area contributed by atoms with Crippen LogP contribution in [-0.4, -0.2) is 91.2 Å². The van der Waals surface area contributed by atoms with Crippen LogP contribution in [0.2, 0.25) is 0 Å². The summed E-state index contributed by atoms with van der Waals surface area (Å²) in [4.78, 5) is 26.4. The first-order valence-electron chi connectivity index (χ1n) is 11.3. The van der Waals surface area contributed by atoms with Gasteiger partial charge in [0, 0.05) is 37.8 Å². The van der Waals surface area contributed by atoms with Gasteiger partial charge >= 0.3 is 18.0 Å². The largest absolute Gasteiger partial charge is 0.486 e. The molecule has 1 saturated heterocycles. The van der Waals surface area contributed by atoms with Crippen LogP contribution in [0, 0.1) is 11.6 Å². The highest BCUT2D eigenvalue weighted by Crippen LogP contribution is 2.26. The molecular weight excluding hydrogens is 518 g/mol. The van der Waals surface area contributed by atoms with Crippen LogP contribution in [-0.2, 0) is 19.4 Å². The normalized spacial score (nSPS) is 14.4. The maximum atomic E-state index is 14.1. The number of carboxylic acid groups (broad SMARTS) is 2. The van der Waals surface area contributed by atoms with Crippen LogP contribution in [0.1, 0.15) is 38.4 Å². The number of halogens is 2. The molecule has 37 heavy (non-hydrogen) atoms. The summed E-state index contributed by atoms with van der Waals surface area (Å²) in [5.41, 5.74) is 0. The highest BCUT2D eigenvalue weighted by Gasteiger charge is 2.26. The average Bonchev–Trinajstić information content (AvgIpc) is 3.31. The Morgan fingerprint density at radius 2 is 1.73 bits per heavy atom. The quantitative estimate of drug-likeness (QED) is 0.462. The molecule has 2 heterocycles. The molecule has 206 valence electrons. The molecule has 2 aromatic rings. The lowest BCUT2D eigenvalue weighted by molar-refractivity contribution is -0.159. The number of benzene rings is 1. The minimum atomic E-state index is -3.70. The smallest absolute Gasteiger partial charge is 0.414 e. The molecule has 15 heteroatoms. The van der Waals surface area contributed by atoms with E-state index in [1.54, 1.807) is 0 Å². The van der Waals surface area contributed by atoms with Gasteiger partial charge in [0.25, 0.3) is 0 Å². The maximum absolute atomic E-state index is 14.1. The van der Waals surface area contributed by atoms with E-state index in [4.69, 9.17) is 29.1 Å². The molecule has 0 aliphatic carbocycles. The zero-order chi connectivity index (χ0) is 27.9. The molecule has 1 aliphatic rings. The van der Waals surface area contributed by atoms with E-state index >= 15 is 0 Å². The number of sulfone groups is 1. The van der Waals surface area contributed by atoms with E-state index in [-0.39, 0.29) is 18.6 Å². The Kier molecular flexibility index (Phi) is 10.3. The van der Waals surface area contributed by atoms with Gasteiger partial charge in [-0.25, -0.2) is 26.8 Å². The highest BCUT2D eigenvalue weighted by atomic mass is 32.2. The van der Waals surface area contributed by atoms with Gasteiger partial charge in [-0.3, -0.25) is 4.90 Å². The fourth-order valence-corrected chi connectivity index (χ4v) is 4.09. The number of nitrogens with zero attached hydrogens (tertiary/aromatic N) is 4. The fraction of sp³-hybridized carbons (Fsp3) is 0.545. The van der Waals surface area contributed by atoms with E-state index in [1.807, 2.05) is 20.9 Å². The molecule has 0 unspecified atom stereocenters. The Morgan fingerprint density at radius 1 is 1.19 bits per heavy atom. The summed E-state index contributed by atoms with van der Waals surface area (Å²) in [7, 11) is -1.77. The Bertz CT molecular complexity index is 1160. The van der Waals surface area contributed by atoms with Crippen LogP contribution in [0.3, 0.4) is 0 Å². The summed E-state index contributed by atoms with van der Waals surface area (Å²) in [5.74, 6) is -5.37. The Morgan fingerprint density at radius 3 is 2.16 bits per heavy atom. The van der Waals surface area contributed by atoms with Gasteiger partial charge in [-0.05, 0) is 32.0 Å². The number of aliphatic carboxylic acids is 2. The van der Waals surface area contributed by atoms with Crippen molar-refractivity contribution < 1.29 is 46.3 Å². The standard InChI is InChI=1S/C20H28F2N4O4S.C2H2O4/c1-13(2)19-23-20(30-24-19)26-7-5-14(6-8-26)25(3)9-10-29-18-16(21)11-15(12-17(18)22)31(4,27)28;3-1(4)2(5)6/h11-14H,5-10H2,1-4H3;(H,3,4)(H,5,6). The van der Waals surface area contributed by atoms with E-state index in [9.17, 15) is 17.2 Å². The number of hydrogen-bond donors (Lipinski definition) is 2. The minimum absolute atomic E-state index is 0.0736. The van der Waals surface area contributed by atoms with Crippen molar-refractivity contribution in [3.8, 4) is 5.75 Å². The molecule has 0 radical (unpaired) electrons. The molecule has 1 aromatic heterocycles. The van der Waals surface area contributed by atoms with Crippen LogP contribution < -0.4 is 9.64 Å². The molecule has 0 amide bonds. The average molecular weight is 549 g/mol. The van der Waals surface area contributed by atoms with Crippen LogP contribution in [0.5, 0.6) is 5.75 Å². The van der Waals surface area contributed by atoms with Crippen molar-refractivity contribution in [2.75, 3.05) is 44.4 Å². The molecule has 0 atom stereocenters. The minimum Gasteiger partial charge on any atom is -0.486 e. The summed E-state index contributed by atoms with van der Waals surface area (Å²) in [6, 6.07) is 2.37. The SMILES string of the molecule is CC(C)c1noc(N2CCC(N(C)CCOc3c(F)cc(S(C)(=O)=O)cc3F)CC2)n1.O=C(O)C(=O)O. The van der Waals surface area contributed by atoms with Crippen molar-refractivity contribution in [2.24, 2.45) is 0 Å². The van der Waals surface area contributed by atoms with E-state index in [1.165, 1.54) is 0 Å². The first kappa shape index (κ1) is 29.9. The number of anilines is 1. The van der Waals surface area contributed by atoms with Crippen molar-refractivity contribution in [1.82, 2.24) is 15.0 Å². The predicted molar refractivity (Wildman–Crippen MR) is 126 cm³/mol. The number of rotatable bonds is 8. The van der Waals surface area contributed by atoms with Crippen molar-refractivity contribution in [1.29, 1.82) is 0 Å². The van der Waals surface area contributed by atoms with Gasteiger partial charge in [0.2, 0.25) is 0 Å². The second-order valence-electron chi connectivity index (χ2n) is 8.74. The molecule has 0 bridgehead atoms. The summed E-state index contributed by atoms with van der Waals surface area (Å²) >= 11 is 0. The third-order valence-electron chi connectivity index (χ3n) is 5.58. The van der Waals surface area contributed by atoms with Crippen molar-refractivity contribution in [3.05, 3.63) is 29.6 Å². The zero-order valence-corrected chi connectivity index (χ0v) is 21.7. The van der Waals surface area contributed by atoms with Crippen LogP contribution in [0.4, 0.5) is 14.8 Å². The molecule has 0 spiro atoms. The second-order valence-corrected chi connectivity index (χ2v) is 10.8. The summed E-state index contributed by atoms with van der Waals surface area (Å²) in [5, 5.41) is 18.8. The molecule has 1 aliphatic heterocycles. The van der Waals surface area contributed by atoms with Crippen molar-refractivity contribution >= 4 is 27.8 Å². The van der Waals surface area contributed by atoms with E-state index in [0.29, 0.717) is 18.4 Å². The first-order chi connectivity index (χ1) is 17.2. The third-order valence-corrected chi connectivity index (χ3v) is 6.67. The van der Waals surface area contributed by atoms with Crippen molar-refractivity contribution in [2.45, 2.75) is 43.5 Å². The predicted octanol–water partition coefficient (Wildman–Crippen LogP) is 2.01. The van der Waals surface area contributed by atoms with Gasteiger partial charge in [0.1, 0.15) is 6.61 Å². The molecule has 12 nitrogen and oxygen atoms in total. The molecule has 2 N–H and O–H groups in total. The summed E-state index contributed by atoms with van der Waals surface area (Å²) in [6.45, 7) is 6.10. The zero-order valence-electron chi connectivity index (χ0n) is 20.8. The lowest BCUT2D eigenvalue weighted by Gasteiger charge is -2.35. The van der Waals surface area contributed by atoms with Gasteiger partial charge in [0.15, 0.2) is 33.0 Å². The molecule has 3 rings (SSSR count). The van der Waals surface area contributed by atoms with Gasteiger partial charge in [-0.1, -0.05) is 19.0 Å². The lowest BCUT2D eigenvalue weighted by Crippen LogP contribution is -2.44. The number of ether oxygens (including phenoxy) is 1. The van der Waals surface area contributed by atoms with Gasteiger partial charge in [-0.2, -0.15) is 4.98 Å². The summed E-state index contributed by atoms with van der Waals surface area (Å²) < 4.78 is 61.8. The highest BCUT2D eigenvalue weighted by molar-refractivity contribution is 7.90. The molecule has 1 aromatic carbocycles. The Labute approximate surface area is 212 Å². The number of likely N-dealkylation sites (N-methyl/N-ethyl adjacent to an activating group) is 1. The monoisotopic (exact) mass is 548 g/mol. The van der Waals surface area contributed by atoms with Gasteiger partial charge in [-0.15, -0.1) is 0 Å². The van der Waals surface area contributed by atoms with Gasteiger partial charge < -0.3 is 24.4 Å². The number of carboxylic acids is 2. The number of carbonyl (C=O) groups is 2.